The summed E-state index contributed by atoms with van der Waals surface area (Å²) in [4.78, 5) is 19.3. The van der Waals surface area contributed by atoms with Crippen molar-refractivity contribution in [1.82, 2.24) is 15.3 Å². The first-order chi connectivity index (χ1) is 9.49. The van der Waals surface area contributed by atoms with Crippen molar-refractivity contribution < 1.29 is 0 Å². The first kappa shape index (κ1) is 15.2. The lowest BCUT2D eigenvalue weighted by Crippen LogP contribution is -2.38. The van der Waals surface area contributed by atoms with Crippen LogP contribution < -0.4 is 10.9 Å². The maximum Gasteiger partial charge on any atom is 0.255 e. The van der Waals surface area contributed by atoms with Gasteiger partial charge in [0.25, 0.3) is 5.56 Å². The third-order valence-corrected chi connectivity index (χ3v) is 4.57. The Hall–Kier alpha value is -1.16. The molecule has 4 nitrogen and oxygen atoms in total. The molecule has 20 heavy (non-hydrogen) atoms. The number of aromatic amines is 1. The fraction of sp³-hybridized carbons (Fsp3) is 0.750. The highest BCUT2D eigenvalue weighted by Gasteiger charge is 2.23. The molecule has 4 heteroatoms. The van der Waals surface area contributed by atoms with Gasteiger partial charge in [-0.25, -0.2) is 4.98 Å². The van der Waals surface area contributed by atoms with E-state index in [1.165, 1.54) is 32.1 Å². The highest BCUT2D eigenvalue weighted by atomic mass is 16.1. The predicted molar refractivity (Wildman–Crippen MR) is 81.9 cm³/mol. The van der Waals surface area contributed by atoms with E-state index in [1.807, 2.05) is 13.8 Å². The smallest absolute Gasteiger partial charge is 0.255 e. The predicted octanol–water partition coefficient (Wildman–Crippen LogP) is 3.01. The molecule has 112 valence electrons. The number of hydrogen-bond acceptors (Lipinski definition) is 3. The second-order valence-corrected chi connectivity index (χ2v) is 6.23. The fourth-order valence-corrected chi connectivity index (χ4v) is 3.49. The van der Waals surface area contributed by atoms with E-state index in [0.29, 0.717) is 11.9 Å². The van der Waals surface area contributed by atoms with Crippen LogP contribution in [0.5, 0.6) is 0 Å². The molecule has 0 spiro atoms. The lowest BCUT2D eigenvalue weighted by molar-refractivity contribution is 0.267. The Kier molecular flexibility index (Phi) is 4.97. The molecule has 0 radical (unpaired) electrons. The van der Waals surface area contributed by atoms with Crippen molar-refractivity contribution in [1.29, 1.82) is 0 Å². The van der Waals surface area contributed by atoms with Crippen LogP contribution in [0.1, 0.15) is 69.1 Å². The summed E-state index contributed by atoms with van der Waals surface area (Å²) in [6.45, 7) is 8.05. The van der Waals surface area contributed by atoms with Crippen LogP contribution in [0, 0.1) is 19.8 Å². The van der Waals surface area contributed by atoms with E-state index < -0.39 is 0 Å². The van der Waals surface area contributed by atoms with Gasteiger partial charge in [0.2, 0.25) is 0 Å². The van der Waals surface area contributed by atoms with Crippen molar-refractivity contribution in [2.75, 3.05) is 0 Å². The summed E-state index contributed by atoms with van der Waals surface area (Å²) >= 11 is 0. The highest BCUT2D eigenvalue weighted by Crippen LogP contribution is 2.27. The van der Waals surface area contributed by atoms with Crippen LogP contribution >= 0.6 is 0 Å². The van der Waals surface area contributed by atoms with E-state index in [2.05, 4.69) is 29.1 Å². The van der Waals surface area contributed by atoms with Crippen LogP contribution in [0.25, 0.3) is 0 Å². The van der Waals surface area contributed by atoms with Gasteiger partial charge in [-0.15, -0.1) is 0 Å². The van der Waals surface area contributed by atoms with Crippen LogP contribution in [-0.4, -0.2) is 16.0 Å². The molecular formula is C16H27N3O. The average molecular weight is 277 g/mol. The van der Waals surface area contributed by atoms with Crippen LogP contribution in [0.3, 0.4) is 0 Å². The molecule has 1 aliphatic rings. The first-order valence-electron chi connectivity index (χ1n) is 7.82. The quantitative estimate of drug-likeness (QED) is 0.889. The van der Waals surface area contributed by atoms with E-state index in [4.69, 9.17) is 0 Å². The Bertz CT molecular complexity index is 503. The van der Waals surface area contributed by atoms with Crippen molar-refractivity contribution in [3.63, 3.8) is 0 Å². The second-order valence-electron chi connectivity index (χ2n) is 6.23. The number of H-pyrrole nitrogens is 1. The van der Waals surface area contributed by atoms with Crippen molar-refractivity contribution in [2.24, 2.45) is 5.92 Å². The minimum absolute atomic E-state index is 0.00848. The summed E-state index contributed by atoms with van der Waals surface area (Å²) in [6.07, 6.45) is 6.68. The summed E-state index contributed by atoms with van der Waals surface area (Å²) in [5, 5.41) is 3.61. The molecule has 0 amide bonds. The number of rotatable bonds is 4. The standard InChI is InChI=1S/C16H27N3O/c1-10(14-8-6-5-7-9-14)17-11(2)15-12(3)18-13(4)19-16(15)20/h10-11,14,17H,5-9H2,1-4H3,(H,18,19,20)/t10-,11?/m0/s1. The Labute approximate surface area is 121 Å². The van der Waals surface area contributed by atoms with Gasteiger partial charge in [-0.05, 0) is 46.5 Å². The largest absolute Gasteiger partial charge is 0.310 e. The van der Waals surface area contributed by atoms with Gasteiger partial charge < -0.3 is 10.3 Å². The molecule has 2 N–H and O–H groups in total. The van der Waals surface area contributed by atoms with Gasteiger partial charge in [0.05, 0.1) is 5.56 Å². The minimum Gasteiger partial charge on any atom is -0.310 e. The Morgan fingerprint density at radius 2 is 1.85 bits per heavy atom. The zero-order chi connectivity index (χ0) is 14.7. The van der Waals surface area contributed by atoms with Gasteiger partial charge in [-0.1, -0.05) is 19.3 Å². The van der Waals surface area contributed by atoms with E-state index in [-0.39, 0.29) is 11.6 Å². The van der Waals surface area contributed by atoms with Crippen molar-refractivity contribution in [3.05, 3.63) is 27.4 Å². The van der Waals surface area contributed by atoms with Gasteiger partial charge in [0.15, 0.2) is 0 Å². The molecule has 1 fully saturated rings. The van der Waals surface area contributed by atoms with Gasteiger partial charge >= 0.3 is 0 Å². The van der Waals surface area contributed by atoms with Gasteiger partial charge in [-0.2, -0.15) is 0 Å². The van der Waals surface area contributed by atoms with E-state index in [0.717, 1.165) is 17.2 Å². The lowest BCUT2D eigenvalue weighted by atomic mass is 9.84. The minimum atomic E-state index is -0.00848. The third-order valence-electron chi connectivity index (χ3n) is 4.57. The summed E-state index contributed by atoms with van der Waals surface area (Å²) in [5.41, 5.74) is 1.60. The van der Waals surface area contributed by atoms with Crippen LogP contribution in [0.4, 0.5) is 0 Å². The molecule has 1 aromatic rings. The van der Waals surface area contributed by atoms with E-state index in [1.54, 1.807) is 0 Å². The molecule has 0 aliphatic heterocycles. The number of nitrogens with zero attached hydrogens (tertiary/aromatic N) is 1. The Morgan fingerprint density at radius 1 is 1.20 bits per heavy atom. The summed E-state index contributed by atoms with van der Waals surface area (Å²) < 4.78 is 0. The topological polar surface area (TPSA) is 57.8 Å². The molecule has 1 aromatic heterocycles. The molecular weight excluding hydrogens is 250 g/mol. The van der Waals surface area contributed by atoms with E-state index in [9.17, 15) is 4.79 Å². The van der Waals surface area contributed by atoms with Gasteiger partial charge in [-0.3, -0.25) is 4.79 Å². The lowest BCUT2D eigenvalue weighted by Gasteiger charge is -2.30. The number of hydrogen-bond donors (Lipinski definition) is 2. The van der Waals surface area contributed by atoms with Crippen LogP contribution in [0.15, 0.2) is 4.79 Å². The zero-order valence-corrected chi connectivity index (χ0v) is 13.1. The number of aromatic nitrogens is 2. The van der Waals surface area contributed by atoms with Gasteiger partial charge in [0.1, 0.15) is 5.82 Å². The van der Waals surface area contributed by atoms with Crippen LogP contribution in [-0.2, 0) is 0 Å². The molecule has 1 aliphatic carbocycles. The fourth-order valence-electron chi connectivity index (χ4n) is 3.49. The molecule has 1 unspecified atom stereocenters. The zero-order valence-electron chi connectivity index (χ0n) is 13.1. The maximum absolute atomic E-state index is 12.1. The third kappa shape index (κ3) is 3.48. The van der Waals surface area contributed by atoms with Crippen LogP contribution in [0.2, 0.25) is 0 Å². The average Bonchev–Trinajstić information content (AvgIpc) is 2.38. The molecule has 1 saturated carbocycles. The molecule has 2 rings (SSSR count). The Morgan fingerprint density at radius 3 is 2.45 bits per heavy atom. The van der Waals surface area contributed by atoms with Crippen molar-refractivity contribution in [2.45, 2.75) is 71.9 Å². The van der Waals surface area contributed by atoms with Crippen molar-refractivity contribution in [3.8, 4) is 0 Å². The molecule has 0 bridgehead atoms. The normalized spacial score (nSPS) is 19.8. The molecule has 0 saturated heterocycles. The maximum atomic E-state index is 12.1. The molecule has 2 atom stereocenters. The number of nitrogens with one attached hydrogen (secondary N) is 2. The number of aryl methyl sites for hydroxylation is 2. The summed E-state index contributed by atoms with van der Waals surface area (Å²) in [6, 6.07) is 0.495. The van der Waals surface area contributed by atoms with Crippen molar-refractivity contribution >= 4 is 0 Å². The monoisotopic (exact) mass is 277 g/mol. The summed E-state index contributed by atoms with van der Waals surface area (Å²) in [5.74, 6) is 1.42. The molecule has 1 heterocycles. The highest BCUT2D eigenvalue weighted by molar-refractivity contribution is 5.20. The Balaban J connectivity index is 2.08. The molecule has 0 aromatic carbocycles. The second kappa shape index (κ2) is 6.53. The first-order valence-corrected chi connectivity index (χ1v) is 7.82. The van der Waals surface area contributed by atoms with Gasteiger partial charge in [0, 0.05) is 17.8 Å². The summed E-state index contributed by atoms with van der Waals surface area (Å²) in [7, 11) is 0. The van der Waals surface area contributed by atoms with E-state index >= 15 is 0 Å². The SMILES string of the molecule is Cc1nc(C)c(C(C)N[C@@H](C)C2CCCCC2)c(=O)[nH]1.